The first-order valence-electron chi connectivity index (χ1n) is 12.9. The van der Waals surface area contributed by atoms with Gasteiger partial charge in [0.15, 0.2) is 5.65 Å². The number of anilines is 1. The van der Waals surface area contributed by atoms with E-state index in [4.69, 9.17) is 14.6 Å². The molecule has 2 aliphatic rings. The number of nitrogens with one attached hydrogen (secondary N) is 1. The summed E-state index contributed by atoms with van der Waals surface area (Å²) in [7, 11) is 1.59. The quantitative estimate of drug-likeness (QED) is 0.511. The number of amides is 1. The summed E-state index contributed by atoms with van der Waals surface area (Å²) in [5.41, 5.74) is 3.22. The van der Waals surface area contributed by atoms with Crippen molar-refractivity contribution in [1.82, 2.24) is 30.0 Å². The lowest BCUT2D eigenvalue weighted by Gasteiger charge is -2.33. The first kappa shape index (κ1) is 24.3. The van der Waals surface area contributed by atoms with Gasteiger partial charge in [0, 0.05) is 38.3 Å². The van der Waals surface area contributed by atoms with E-state index in [9.17, 15) is 4.79 Å². The second kappa shape index (κ2) is 10.7. The fourth-order valence-electron chi connectivity index (χ4n) is 5.14. The molecule has 0 spiro atoms. The maximum Gasteiger partial charge on any atom is 0.338 e. The number of ether oxygens (including phenoxy) is 2. The van der Waals surface area contributed by atoms with Crippen LogP contribution in [0.25, 0.3) is 5.65 Å². The van der Waals surface area contributed by atoms with Crippen LogP contribution >= 0.6 is 0 Å². The number of methoxy groups -OCH3 is 1. The molecule has 1 atom stereocenters. The number of hydrogen-bond acceptors (Lipinski definition) is 8. The normalized spacial score (nSPS) is 19.5. The number of carbonyl (C=O) groups is 1. The summed E-state index contributed by atoms with van der Waals surface area (Å²) in [4.78, 5) is 16.3. The van der Waals surface area contributed by atoms with E-state index in [0.717, 1.165) is 68.2 Å². The molecule has 192 valence electrons. The van der Waals surface area contributed by atoms with Crippen molar-refractivity contribution in [3.8, 4) is 11.8 Å². The van der Waals surface area contributed by atoms with Crippen LogP contribution in [0.1, 0.15) is 43.7 Å². The molecule has 0 bridgehead atoms. The molecule has 5 rings (SSSR count). The van der Waals surface area contributed by atoms with E-state index in [-0.39, 0.29) is 11.9 Å². The fourth-order valence-corrected chi connectivity index (χ4v) is 5.14. The second-order valence-corrected chi connectivity index (χ2v) is 9.49. The standard InChI is InChI=1S/C26H35N7O3/c1-4-19-17-23(30-33-24(19)28-29-26(33)35-3)32-12-9-21(10-13-32)20-5-7-22(8-6-20)36-16-15-31-14-11-27-25(34)18(31)2/h5-8,17-18,21H,4,9-16H2,1-3H3,(H,27,34). The Labute approximate surface area is 211 Å². The van der Waals surface area contributed by atoms with Gasteiger partial charge in [0.1, 0.15) is 18.2 Å². The molecule has 1 amide bonds. The maximum absolute atomic E-state index is 11.8. The van der Waals surface area contributed by atoms with Gasteiger partial charge in [-0.25, -0.2) is 0 Å². The third kappa shape index (κ3) is 4.95. The van der Waals surface area contributed by atoms with Crippen LogP contribution in [0.3, 0.4) is 0 Å². The zero-order valence-corrected chi connectivity index (χ0v) is 21.3. The van der Waals surface area contributed by atoms with Gasteiger partial charge in [0.25, 0.3) is 0 Å². The number of nitrogens with zero attached hydrogens (tertiary/aromatic N) is 6. The highest BCUT2D eigenvalue weighted by atomic mass is 16.5. The largest absolute Gasteiger partial charge is 0.492 e. The molecule has 36 heavy (non-hydrogen) atoms. The van der Waals surface area contributed by atoms with Gasteiger partial charge in [0.2, 0.25) is 5.91 Å². The van der Waals surface area contributed by atoms with Crippen LogP contribution in [0.2, 0.25) is 0 Å². The lowest BCUT2D eigenvalue weighted by molar-refractivity contribution is -0.128. The number of aryl methyl sites for hydroxylation is 1. The van der Waals surface area contributed by atoms with E-state index in [1.54, 1.807) is 11.6 Å². The Morgan fingerprint density at radius 3 is 2.61 bits per heavy atom. The van der Waals surface area contributed by atoms with Crippen LogP contribution in [0.5, 0.6) is 11.8 Å². The van der Waals surface area contributed by atoms with Crippen molar-refractivity contribution in [2.75, 3.05) is 51.3 Å². The van der Waals surface area contributed by atoms with E-state index >= 15 is 0 Å². The average molecular weight is 494 g/mol. The minimum atomic E-state index is -0.0973. The predicted molar refractivity (Wildman–Crippen MR) is 137 cm³/mol. The molecule has 4 heterocycles. The van der Waals surface area contributed by atoms with E-state index < -0.39 is 0 Å². The van der Waals surface area contributed by atoms with Crippen LogP contribution in [0, 0.1) is 0 Å². The van der Waals surface area contributed by atoms with Crippen LogP contribution in [0.4, 0.5) is 5.82 Å². The first-order chi connectivity index (χ1) is 17.6. The number of hydrogen-bond donors (Lipinski definition) is 1. The highest BCUT2D eigenvalue weighted by Gasteiger charge is 2.25. The Balaban J connectivity index is 1.16. The second-order valence-electron chi connectivity index (χ2n) is 9.49. The number of piperidine rings is 1. The molecule has 1 unspecified atom stereocenters. The van der Waals surface area contributed by atoms with E-state index in [1.807, 2.05) is 6.92 Å². The van der Waals surface area contributed by atoms with Gasteiger partial charge in [-0.3, -0.25) is 9.69 Å². The van der Waals surface area contributed by atoms with Crippen LogP contribution in [-0.2, 0) is 11.2 Å². The van der Waals surface area contributed by atoms with Gasteiger partial charge in [-0.05, 0) is 55.9 Å². The highest BCUT2D eigenvalue weighted by molar-refractivity contribution is 5.81. The van der Waals surface area contributed by atoms with E-state index in [1.165, 1.54) is 5.56 Å². The Kier molecular flexibility index (Phi) is 7.22. The SMILES string of the molecule is CCc1cc(N2CCC(c3ccc(OCCN4CCNC(=O)C4C)cc3)CC2)nn2c(OC)nnc12. The van der Waals surface area contributed by atoms with Gasteiger partial charge in [0.05, 0.1) is 13.2 Å². The van der Waals surface area contributed by atoms with E-state index in [2.05, 4.69) is 62.6 Å². The molecule has 2 aromatic heterocycles. The summed E-state index contributed by atoms with van der Waals surface area (Å²) in [6, 6.07) is 11.0. The number of piperazine rings is 1. The minimum absolute atomic E-state index is 0.0947. The summed E-state index contributed by atoms with van der Waals surface area (Å²) < 4.78 is 13.0. The number of rotatable bonds is 8. The van der Waals surface area contributed by atoms with Crippen molar-refractivity contribution < 1.29 is 14.3 Å². The summed E-state index contributed by atoms with van der Waals surface area (Å²) in [5, 5.41) is 16.0. The molecule has 2 aliphatic heterocycles. The summed E-state index contributed by atoms with van der Waals surface area (Å²) >= 11 is 0. The van der Waals surface area contributed by atoms with Crippen molar-refractivity contribution >= 4 is 17.4 Å². The van der Waals surface area contributed by atoms with Gasteiger partial charge < -0.3 is 19.7 Å². The number of carbonyl (C=O) groups excluding carboxylic acids is 1. The average Bonchev–Trinajstić information content (AvgIpc) is 3.34. The molecule has 3 aromatic rings. The lowest BCUT2D eigenvalue weighted by atomic mass is 9.89. The maximum atomic E-state index is 11.8. The number of aromatic nitrogens is 4. The molecule has 1 N–H and O–H groups in total. The molecule has 0 aliphatic carbocycles. The Morgan fingerprint density at radius 1 is 1.11 bits per heavy atom. The molecular weight excluding hydrogens is 458 g/mol. The van der Waals surface area contributed by atoms with Crippen molar-refractivity contribution in [3.05, 3.63) is 41.5 Å². The minimum Gasteiger partial charge on any atom is -0.492 e. The van der Waals surface area contributed by atoms with E-state index in [0.29, 0.717) is 25.1 Å². The topological polar surface area (TPSA) is 97.1 Å². The Morgan fingerprint density at radius 2 is 1.89 bits per heavy atom. The molecule has 0 saturated carbocycles. The van der Waals surface area contributed by atoms with Crippen LogP contribution < -0.4 is 19.7 Å². The lowest BCUT2D eigenvalue weighted by Crippen LogP contribution is -2.54. The molecule has 1 aromatic carbocycles. The summed E-state index contributed by atoms with van der Waals surface area (Å²) in [5.74, 6) is 2.43. The summed E-state index contributed by atoms with van der Waals surface area (Å²) in [6.07, 6.45) is 2.99. The first-order valence-corrected chi connectivity index (χ1v) is 12.9. The van der Waals surface area contributed by atoms with Crippen LogP contribution in [-0.4, -0.2) is 83.1 Å². The smallest absolute Gasteiger partial charge is 0.338 e. The predicted octanol–water partition coefficient (Wildman–Crippen LogP) is 2.28. The van der Waals surface area contributed by atoms with Crippen LogP contribution in [0.15, 0.2) is 30.3 Å². The zero-order chi connectivity index (χ0) is 25.1. The molecule has 2 fully saturated rings. The third-order valence-corrected chi connectivity index (χ3v) is 7.41. The molecule has 2 saturated heterocycles. The Hall–Kier alpha value is -3.40. The van der Waals surface area contributed by atoms with Gasteiger partial charge in [-0.1, -0.05) is 24.2 Å². The van der Waals surface area contributed by atoms with Gasteiger partial charge in [-0.15, -0.1) is 10.2 Å². The molecular formula is C26H35N7O3. The van der Waals surface area contributed by atoms with Crippen molar-refractivity contribution in [2.24, 2.45) is 0 Å². The van der Waals surface area contributed by atoms with Crippen molar-refractivity contribution in [3.63, 3.8) is 0 Å². The van der Waals surface area contributed by atoms with Gasteiger partial charge >= 0.3 is 6.01 Å². The molecule has 10 nitrogen and oxygen atoms in total. The molecule has 0 radical (unpaired) electrons. The third-order valence-electron chi connectivity index (χ3n) is 7.41. The number of benzene rings is 1. The van der Waals surface area contributed by atoms with Gasteiger partial charge in [-0.2, -0.15) is 4.52 Å². The zero-order valence-electron chi connectivity index (χ0n) is 21.3. The van der Waals surface area contributed by atoms with Crippen molar-refractivity contribution in [1.29, 1.82) is 0 Å². The fraction of sp³-hybridized carbons (Fsp3) is 0.538. The molecule has 10 heteroatoms. The summed E-state index contributed by atoms with van der Waals surface area (Å²) in [6.45, 7) is 8.83. The highest BCUT2D eigenvalue weighted by Crippen LogP contribution is 2.31. The monoisotopic (exact) mass is 493 g/mol. The number of fused-ring (bicyclic) bond motifs is 1. The Bertz CT molecular complexity index is 1190. The van der Waals surface area contributed by atoms with Crippen molar-refractivity contribution in [2.45, 2.75) is 45.1 Å².